The second-order valence-electron chi connectivity index (χ2n) is 5.52. The minimum absolute atomic E-state index is 0.0139. The normalized spacial score (nSPS) is 15.5. The highest BCUT2D eigenvalue weighted by Gasteiger charge is 2.28. The number of hydrogen-bond acceptors (Lipinski definition) is 3. The summed E-state index contributed by atoms with van der Waals surface area (Å²) >= 11 is 0. The van der Waals surface area contributed by atoms with E-state index in [2.05, 4.69) is 0 Å². The third-order valence-corrected chi connectivity index (χ3v) is 3.72. The van der Waals surface area contributed by atoms with Crippen LogP contribution in [0.3, 0.4) is 0 Å². The van der Waals surface area contributed by atoms with Gasteiger partial charge in [-0.25, -0.2) is 0 Å². The van der Waals surface area contributed by atoms with Crippen molar-refractivity contribution >= 4 is 11.8 Å². The molecular formula is C16H22N2O3. The molecule has 0 unspecified atom stereocenters. The fourth-order valence-electron chi connectivity index (χ4n) is 2.51. The molecular weight excluding hydrogens is 268 g/mol. The van der Waals surface area contributed by atoms with E-state index in [9.17, 15) is 9.59 Å². The van der Waals surface area contributed by atoms with Crippen LogP contribution < -0.4 is 4.74 Å². The molecule has 21 heavy (non-hydrogen) atoms. The number of ether oxygens (including phenoxy) is 1. The van der Waals surface area contributed by atoms with Crippen LogP contribution in [-0.2, 0) is 16.0 Å². The van der Waals surface area contributed by atoms with Gasteiger partial charge in [0.15, 0.2) is 0 Å². The van der Waals surface area contributed by atoms with Crippen LogP contribution in [0.5, 0.6) is 5.75 Å². The molecule has 0 aromatic heterocycles. The third kappa shape index (κ3) is 3.74. The Balaban J connectivity index is 1.96. The minimum atomic E-state index is -0.0139. The summed E-state index contributed by atoms with van der Waals surface area (Å²) in [6.45, 7) is 5.38. The van der Waals surface area contributed by atoms with Crippen LogP contribution in [0.2, 0.25) is 0 Å². The molecule has 0 radical (unpaired) electrons. The van der Waals surface area contributed by atoms with Crippen molar-refractivity contribution in [3.8, 4) is 5.75 Å². The van der Waals surface area contributed by atoms with Crippen LogP contribution >= 0.6 is 0 Å². The van der Waals surface area contributed by atoms with Crippen molar-refractivity contribution in [2.45, 2.75) is 26.3 Å². The predicted molar refractivity (Wildman–Crippen MR) is 80.1 cm³/mol. The van der Waals surface area contributed by atoms with Crippen molar-refractivity contribution in [2.24, 2.45) is 0 Å². The summed E-state index contributed by atoms with van der Waals surface area (Å²) in [5.74, 6) is 0.747. The molecule has 114 valence electrons. The maximum atomic E-state index is 12.3. The van der Waals surface area contributed by atoms with Gasteiger partial charge < -0.3 is 14.5 Å². The molecule has 1 aliphatic heterocycles. The van der Waals surface area contributed by atoms with Crippen LogP contribution in [0, 0.1) is 0 Å². The molecule has 2 amide bonds. The maximum absolute atomic E-state index is 12.3. The predicted octanol–water partition coefficient (Wildman–Crippen LogP) is 1.32. The van der Waals surface area contributed by atoms with Gasteiger partial charge in [0.05, 0.1) is 20.1 Å². The Labute approximate surface area is 125 Å². The summed E-state index contributed by atoms with van der Waals surface area (Å²) in [5.41, 5.74) is 0.901. The Morgan fingerprint density at radius 1 is 1.33 bits per heavy atom. The number of amides is 2. The molecule has 1 aliphatic rings. The van der Waals surface area contributed by atoms with Crippen LogP contribution in [0.1, 0.15) is 19.4 Å². The van der Waals surface area contributed by atoms with Crippen molar-refractivity contribution in [1.82, 2.24) is 9.80 Å². The Bertz CT molecular complexity index is 528. The number of rotatable bonds is 4. The summed E-state index contributed by atoms with van der Waals surface area (Å²) in [4.78, 5) is 27.8. The summed E-state index contributed by atoms with van der Waals surface area (Å²) < 4.78 is 5.15. The van der Waals surface area contributed by atoms with Gasteiger partial charge in [-0.2, -0.15) is 0 Å². The quantitative estimate of drug-likeness (QED) is 0.840. The minimum Gasteiger partial charge on any atom is -0.497 e. The zero-order valence-corrected chi connectivity index (χ0v) is 12.8. The van der Waals surface area contributed by atoms with Gasteiger partial charge in [0.25, 0.3) is 0 Å². The molecule has 1 aromatic rings. The van der Waals surface area contributed by atoms with E-state index in [1.165, 1.54) is 0 Å². The molecule has 1 fully saturated rings. The van der Waals surface area contributed by atoms with Gasteiger partial charge in [-0.1, -0.05) is 12.1 Å². The van der Waals surface area contributed by atoms with Gasteiger partial charge in [-0.15, -0.1) is 0 Å². The van der Waals surface area contributed by atoms with Crippen LogP contribution in [-0.4, -0.2) is 54.4 Å². The van der Waals surface area contributed by atoms with E-state index >= 15 is 0 Å². The molecule has 0 N–H and O–H groups in total. The average Bonchev–Trinajstić information content (AvgIpc) is 2.46. The maximum Gasteiger partial charge on any atom is 0.242 e. The van der Waals surface area contributed by atoms with Crippen LogP contribution in [0.15, 0.2) is 24.3 Å². The number of piperazine rings is 1. The third-order valence-electron chi connectivity index (χ3n) is 3.72. The van der Waals surface area contributed by atoms with Gasteiger partial charge >= 0.3 is 0 Å². The highest BCUT2D eigenvalue weighted by atomic mass is 16.5. The topological polar surface area (TPSA) is 49.9 Å². The Hall–Kier alpha value is -2.04. The van der Waals surface area contributed by atoms with E-state index < -0.39 is 0 Å². The van der Waals surface area contributed by atoms with E-state index in [1.54, 1.807) is 12.0 Å². The van der Waals surface area contributed by atoms with E-state index in [1.807, 2.05) is 43.0 Å². The number of carbonyl (C=O) groups excluding carboxylic acids is 2. The van der Waals surface area contributed by atoms with Gasteiger partial charge in [-0.05, 0) is 31.5 Å². The molecule has 1 saturated heterocycles. The highest BCUT2D eigenvalue weighted by molar-refractivity contribution is 5.87. The molecule has 0 aliphatic carbocycles. The average molecular weight is 290 g/mol. The van der Waals surface area contributed by atoms with Crippen molar-refractivity contribution in [3.05, 3.63) is 29.8 Å². The second-order valence-corrected chi connectivity index (χ2v) is 5.52. The molecule has 1 heterocycles. The highest BCUT2D eigenvalue weighted by Crippen LogP contribution is 2.15. The summed E-state index contributed by atoms with van der Waals surface area (Å²) in [7, 11) is 1.60. The molecule has 5 nitrogen and oxygen atoms in total. The first-order valence-electron chi connectivity index (χ1n) is 7.21. The van der Waals surface area contributed by atoms with Gasteiger partial charge in [0.2, 0.25) is 11.8 Å². The van der Waals surface area contributed by atoms with E-state index in [0.29, 0.717) is 19.5 Å². The monoisotopic (exact) mass is 290 g/mol. The lowest BCUT2D eigenvalue weighted by atomic mass is 10.1. The van der Waals surface area contributed by atoms with Crippen molar-refractivity contribution in [1.29, 1.82) is 0 Å². The van der Waals surface area contributed by atoms with Crippen molar-refractivity contribution in [2.75, 3.05) is 26.7 Å². The lowest BCUT2D eigenvalue weighted by Crippen LogP contribution is -2.54. The first-order valence-corrected chi connectivity index (χ1v) is 7.21. The van der Waals surface area contributed by atoms with Crippen LogP contribution in [0.25, 0.3) is 0 Å². The Kier molecular flexibility index (Phi) is 4.83. The Morgan fingerprint density at radius 3 is 2.71 bits per heavy atom. The number of benzene rings is 1. The zero-order valence-electron chi connectivity index (χ0n) is 12.8. The molecule has 2 rings (SSSR count). The van der Waals surface area contributed by atoms with Gasteiger partial charge in [0.1, 0.15) is 5.75 Å². The fraction of sp³-hybridized carbons (Fsp3) is 0.500. The van der Waals surface area contributed by atoms with E-state index in [0.717, 1.165) is 11.3 Å². The number of methoxy groups -OCH3 is 1. The molecule has 1 aromatic carbocycles. The lowest BCUT2D eigenvalue weighted by molar-refractivity contribution is -0.146. The second kappa shape index (κ2) is 6.61. The standard InChI is InChI=1S/C16H22N2O3/c1-12(2)18-8-7-17(11-16(18)20)15(19)10-13-5-4-6-14(9-13)21-3/h4-6,9,12H,7-8,10-11H2,1-3H3. The van der Waals surface area contributed by atoms with E-state index in [-0.39, 0.29) is 24.4 Å². The number of carbonyl (C=O) groups is 2. The van der Waals surface area contributed by atoms with Crippen LogP contribution in [0.4, 0.5) is 0 Å². The van der Waals surface area contributed by atoms with E-state index in [4.69, 9.17) is 4.74 Å². The SMILES string of the molecule is COc1cccc(CC(=O)N2CCN(C(C)C)C(=O)C2)c1. The van der Waals surface area contributed by atoms with Crippen molar-refractivity contribution < 1.29 is 14.3 Å². The largest absolute Gasteiger partial charge is 0.497 e. The molecule has 0 atom stereocenters. The molecule has 0 spiro atoms. The van der Waals surface area contributed by atoms with Gasteiger partial charge in [0, 0.05) is 19.1 Å². The van der Waals surface area contributed by atoms with Gasteiger partial charge in [-0.3, -0.25) is 9.59 Å². The number of hydrogen-bond donors (Lipinski definition) is 0. The Morgan fingerprint density at radius 2 is 2.10 bits per heavy atom. The lowest BCUT2D eigenvalue weighted by Gasteiger charge is -2.36. The summed E-state index contributed by atoms with van der Waals surface area (Å²) in [5, 5.41) is 0. The first kappa shape index (κ1) is 15.4. The number of nitrogens with zero attached hydrogens (tertiary/aromatic N) is 2. The van der Waals surface area contributed by atoms with Crippen molar-refractivity contribution in [3.63, 3.8) is 0 Å². The summed E-state index contributed by atoms with van der Waals surface area (Å²) in [6, 6.07) is 7.65. The zero-order chi connectivity index (χ0) is 15.4. The fourth-order valence-corrected chi connectivity index (χ4v) is 2.51. The smallest absolute Gasteiger partial charge is 0.242 e. The summed E-state index contributed by atoms with van der Waals surface area (Å²) in [6.07, 6.45) is 0.298. The molecule has 0 saturated carbocycles. The molecule has 0 bridgehead atoms. The first-order chi connectivity index (χ1) is 10.0. The molecule has 5 heteroatoms.